The highest BCUT2D eigenvalue weighted by atomic mass is 16.5. The van der Waals surface area contributed by atoms with Crippen LogP contribution in [0.2, 0.25) is 0 Å². The van der Waals surface area contributed by atoms with Crippen LogP contribution in [0.1, 0.15) is 34.7 Å². The van der Waals surface area contributed by atoms with Gasteiger partial charge in [-0.15, -0.1) is 0 Å². The standard InChI is InChI=1S/C15H15NO2/c1-18-15(17)12-9-16-14(13(12)10-7-8-10)11-5-3-2-4-6-11/h2-6,9-10,16H,7-8H2,1H3. The summed E-state index contributed by atoms with van der Waals surface area (Å²) in [7, 11) is 1.42. The highest BCUT2D eigenvalue weighted by Crippen LogP contribution is 2.46. The van der Waals surface area contributed by atoms with Gasteiger partial charge in [0, 0.05) is 11.9 Å². The smallest absolute Gasteiger partial charge is 0.339 e. The maximum atomic E-state index is 11.8. The van der Waals surface area contributed by atoms with Gasteiger partial charge in [0.15, 0.2) is 0 Å². The molecule has 0 atom stereocenters. The van der Waals surface area contributed by atoms with Gasteiger partial charge >= 0.3 is 5.97 Å². The molecule has 0 bridgehead atoms. The summed E-state index contributed by atoms with van der Waals surface area (Å²) in [5.74, 6) is 0.246. The monoisotopic (exact) mass is 241 g/mol. The van der Waals surface area contributed by atoms with Crippen molar-refractivity contribution >= 4 is 5.97 Å². The van der Waals surface area contributed by atoms with Gasteiger partial charge in [-0.25, -0.2) is 4.79 Å². The SMILES string of the molecule is COC(=O)c1c[nH]c(-c2ccccc2)c1C1CC1. The minimum atomic E-state index is -0.254. The molecule has 1 aromatic heterocycles. The van der Waals surface area contributed by atoms with Crippen molar-refractivity contribution in [3.05, 3.63) is 47.7 Å². The van der Waals surface area contributed by atoms with Crippen molar-refractivity contribution in [3.63, 3.8) is 0 Å². The summed E-state index contributed by atoms with van der Waals surface area (Å²) < 4.78 is 4.85. The molecule has 0 spiro atoms. The molecule has 1 heterocycles. The maximum Gasteiger partial charge on any atom is 0.339 e. The zero-order valence-electron chi connectivity index (χ0n) is 10.3. The number of aromatic amines is 1. The first kappa shape index (κ1) is 11.1. The lowest BCUT2D eigenvalue weighted by molar-refractivity contribution is 0.0600. The van der Waals surface area contributed by atoms with Gasteiger partial charge in [0.2, 0.25) is 0 Å². The van der Waals surface area contributed by atoms with Crippen LogP contribution in [-0.4, -0.2) is 18.1 Å². The lowest BCUT2D eigenvalue weighted by Gasteiger charge is -2.05. The summed E-state index contributed by atoms with van der Waals surface area (Å²) in [6.07, 6.45) is 4.07. The van der Waals surface area contributed by atoms with Crippen LogP contribution in [-0.2, 0) is 4.74 Å². The van der Waals surface area contributed by atoms with E-state index in [1.807, 2.05) is 18.2 Å². The molecule has 0 saturated heterocycles. The van der Waals surface area contributed by atoms with E-state index in [2.05, 4.69) is 17.1 Å². The fraction of sp³-hybridized carbons (Fsp3) is 0.267. The average molecular weight is 241 g/mol. The van der Waals surface area contributed by atoms with Crippen molar-refractivity contribution in [2.45, 2.75) is 18.8 Å². The molecule has 3 nitrogen and oxygen atoms in total. The van der Waals surface area contributed by atoms with E-state index in [1.165, 1.54) is 7.11 Å². The molecular formula is C15H15NO2. The Bertz CT molecular complexity index is 567. The Morgan fingerprint density at radius 3 is 2.61 bits per heavy atom. The normalized spacial score (nSPS) is 14.5. The molecule has 0 unspecified atom stereocenters. The summed E-state index contributed by atoms with van der Waals surface area (Å²) in [6, 6.07) is 10.1. The van der Waals surface area contributed by atoms with Crippen LogP contribution in [0.3, 0.4) is 0 Å². The number of rotatable bonds is 3. The molecule has 1 aliphatic carbocycles. The zero-order valence-corrected chi connectivity index (χ0v) is 10.3. The molecule has 0 aliphatic heterocycles. The van der Waals surface area contributed by atoms with Crippen LogP contribution in [0.4, 0.5) is 0 Å². The number of hydrogen-bond acceptors (Lipinski definition) is 2. The third kappa shape index (κ3) is 1.82. The third-order valence-electron chi connectivity index (χ3n) is 3.37. The molecule has 0 radical (unpaired) electrons. The van der Waals surface area contributed by atoms with E-state index in [1.54, 1.807) is 6.20 Å². The van der Waals surface area contributed by atoms with Crippen LogP contribution in [0.25, 0.3) is 11.3 Å². The number of H-pyrrole nitrogens is 1. The molecule has 3 rings (SSSR count). The molecule has 1 N–H and O–H groups in total. The summed E-state index contributed by atoms with van der Waals surface area (Å²) in [5.41, 5.74) is 3.97. The Balaban J connectivity index is 2.10. The fourth-order valence-corrected chi connectivity index (χ4v) is 2.35. The van der Waals surface area contributed by atoms with Crippen molar-refractivity contribution in [1.82, 2.24) is 4.98 Å². The summed E-state index contributed by atoms with van der Waals surface area (Å²) in [6.45, 7) is 0. The second-order valence-corrected chi connectivity index (χ2v) is 4.62. The van der Waals surface area contributed by atoms with E-state index in [0.717, 1.165) is 29.7 Å². The summed E-state index contributed by atoms with van der Waals surface area (Å²) in [4.78, 5) is 15.0. The largest absolute Gasteiger partial charge is 0.465 e. The maximum absolute atomic E-state index is 11.8. The number of carbonyl (C=O) groups excluding carboxylic acids is 1. The minimum absolute atomic E-state index is 0.254. The van der Waals surface area contributed by atoms with Gasteiger partial charge in [0.25, 0.3) is 0 Å². The predicted octanol–water partition coefficient (Wildman–Crippen LogP) is 3.35. The second kappa shape index (κ2) is 4.33. The number of esters is 1. The van der Waals surface area contributed by atoms with Gasteiger partial charge in [0.05, 0.1) is 12.7 Å². The van der Waals surface area contributed by atoms with Crippen LogP contribution in [0.15, 0.2) is 36.5 Å². The van der Waals surface area contributed by atoms with E-state index >= 15 is 0 Å². The minimum Gasteiger partial charge on any atom is -0.465 e. The highest BCUT2D eigenvalue weighted by Gasteiger charge is 2.32. The quantitative estimate of drug-likeness (QED) is 0.837. The van der Waals surface area contributed by atoms with Crippen molar-refractivity contribution < 1.29 is 9.53 Å². The third-order valence-corrected chi connectivity index (χ3v) is 3.37. The van der Waals surface area contributed by atoms with Crippen LogP contribution in [0, 0.1) is 0 Å². The van der Waals surface area contributed by atoms with Gasteiger partial charge in [-0.05, 0) is 29.9 Å². The molecule has 1 saturated carbocycles. The number of aromatic nitrogens is 1. The van der Waals surface area contributed by atoms with Crippen molar-refractivity contribution in [2.24, 2.45) is 0 Å². The van der Waals surface area contributed by atoms with E-state index < -0.39 is 0 Å². The fourth-order valence-electron chi connectivity index (χ4n) is 2.35. The lowest BCUT2D eigenvalue weighted by atomic mass is 10.0. The predicted molar refractivity (Wildman–Crippen MR) is 69.5 cm³/mol. The van der Waals surface area contributed by atoms with E-state index in [9.17, 15) is 4.79 Å². The van der Waals surface area contributed by atoms with Gasteiger partial charge < -0.3 is 9.72 Å². The molecule has 1 fully saturated rings. The molecule has 1 aromatic carbocycles. The molecule has 92 valence electrons. The van der Waals surface area contributed by atoms with Gasteiger partial charge in [-0.1, -0.05) is 30.3 Å². The number of carbonyl (C=O) groups is 1. The van der Waals surface area contributed by atoms with Gasteiger partial charge in [-0.3, -0.25) is 0 Å². The Morgan fingerprint density at radius 2 is 2.00 bits per heavy atom. The zero-order chi connectivity index (χ0) is 12.5. The van der Waals surface area contributed by atoms with Gasteiger partial charge in [0.1, 0.15) is 0 Å². The van der Waals surface area contributed by atoms with Gasteiger partial charge in [-0.2, -0.15) is 0 Å². The molecule has 0 amide bonds. The Morgan fingerprint density at radius 1 is 1.28 bits per heavy atom. The molecule has 18 heavy (non-hydrogen) atoms. The van der Waals surface area contributed by atoms with Crippen molar-refractivity contribution in [2.75, 3.05) is 7.11 Å². The molecular weight excluding hydrogens is 226 g/mol. The van der Waals surface area contributed by atoms with E-state index in [4.69, 9.17) is 4.74 Å². The van der Waals surface area contributed by atoms with Crippen LogP contribution >= 0.6 is 0 Å². The lowest BCUT2D eigenvalue weighted by Crippen LogP contribution is -2.02. The van der Waals surface area contributed by atoms with Crippen molar-refractivity contribution in [3.8, 4) is 11.3 Å². The summed E-state index contributed by atoms with van der Waals surface area (Å²) in [5, 5.41) is 0. The number of hydrogen-bond donors (Lipinski definition) is 1. The van der Waals surface area contributed by atoms with E-state index in [0.29, 0.717) is 11.5 Å². The van der Waals surface area contributed by atoms with Crippen LogP contribution < -0.4 is 0 Å². The van der Waals surface area contributed by atoms with Crippen molar-refractivity contribution in [1.29, 1.82) is 0 Å². The number of nitrogens with one attached hydrogen (secondary N) is 1. The Labute approximate surface area is 106 Å². The molecule has 2 aromatic rings. The molecule has 1 aliphatic rings. The number of ether oxygens (including phenoxy) is 1. The first-order chi connectivity index (χ1) is 8.81. The molecule has 3 heteroatoms. The Hall–Kier alpha value is -2.03. The van der Waals surface area contributed by atoms with E-state index in [-0.39, 0.29) is 5.97 Å². The number of benzene rings is 1. The average Bonchev–Trinajstić information content (AvgIpc) is 3.17. The van der Waals surface area contributed by atoms with Crippen LogP contribution in [0.5, 0.6) is 0 Å². The second-order valence-electron chi connectivity index (χ2n) is 4.62. The first-order valence-electron chi connectivity index (χ1n) is 6.16. The Kier molecular flexibility index (Phi) is 2.67. The summed E-state index contributed by atoms with van der Waals surface area (Å²) >= 11 is 0. The number of methoxy groups -OCH3 is 1. The topological polar surface area (TPSA) is 42.1 Å². The highest BCUT2D eigenvalue weighted by molar-refractivity contribution is 5.94. The first-order valence-corrected chi connectivity index (χ1v) is 6.16.